The zero-order chi connectivity index (χ0) is 21.1. The lowest BCUT2D eigenvalue weighted by molar-refractivity contribution is 0.937. The van der Waals surface area contributed by atoms with E-state index >= 15 is 0 Å². The van der Waals surface area contributed by atoms with Gasteiger partial charge in [-0.2, -0.15) is 0 Å². The van der Waals surface area contributed by atoms with E-state index in [2.05, 4.69) is 116 Å². The maximum absolute atomic E-state index is 2.91. The standard InChI is InChI=1S/C21H44Si6/c1-20-22(2,3)25(8,9)21(19-17-15-14-16-18-19,26(10,11)23(20,4)5)27(12,13)24(20,6)7/h14-18H,1-13H3. The maximum atomic E-state index is 2.91. The second-order valence-electron chi connectivity index (χ2n) is 13.0. The van der Waals surface area contributed by atoms with E-state index in [0.29, 0.717) is 4.28 Å². The molecule has 0 N–H and O–H groups in total. The summed E-state index contributed by atoms with van der Waals surface area (Å²) in [5.41, 5.74) is 1.82. The van der Waals surface area contributed by atoms with Gasteiger partial charge in [0.15, 0.2) is 0 Å². The molecule has 3 aliphatic heterocycles. The van der Waals surface area contributed by atoms with Gasteiger partial charge in [-0.3, -0.25) is 0 Å². The summed E-state index contributed by atoms with van der Waals surface area (Å²) in [5, 5.41) is 0. The third-order valence-electron chi connectivity index (χ3n) is 12.5. The Morgan fingerprint density at radius 3 is 1.07 bits per heavy atom. The molecule has 152 valence electrons. The third kappa shape index (κ3) is 1.75. The van der Waals surface area contributed by atoms with Gasteiger partial charge in [0.1, 0.15) is 0 Å². The lowest BCUT2D eigenvalue weighted by Crippen LogP contribution is -3.07. The van der Waals surface area contributed by atoms with Crippen LogP contribution in [0.4, 0.5) is 0 Å². The van der Waals surface area contributed by atoms with Gasteiger partial charge in [0.25, 0.3) is 0 Å². The molecule has 0 atom stereocenters. The Morgan fingerprint density at radius 1 is 0.481 bits per heavy atom. The van der Waals surface area contributed by atoms with Crippen LogP contribution in [0.1, 0.15) is 12.5 Å². The van der Waals surface area contributed by atoms with Crippen molar-refractivity contribution in [2.75, 3.05) is 0 Å². The second-order valence-corrected chi connectivity index (χ2v) is 63.2. The van der Waals surface area contributed by atoms with Gasteiger partial charge < -0.3 is 0 Å². The monoisotopic (exact) mass is 464 g/mol. The van der Waals surface area contributed by atoms with Crippen LogP contribution >= 0.6 is 0 Å². The van der Waals surface area contributed by atoms with Gasteiger partial charge in [-0.1, -0.05) is 126 Å². The Morgan fingerprint density at radius 2 is 0.778 bits per heavy atom. The van der Waals surface area contributed by atoms with Crippen molar-refractivity contribution >= 4 is 45.5 Å². The minimum Gasteiger partial charge on any atom is -0.0713 e. The molecule has 0 aliphatic carbocycles. The van der Waals surface area contributed by atoms with E-state index in [1.807, 2.05) is 5.56 Å². The van der Waals surface area contributed by atoms with E-state index < -0.39 is 45.5 Å². The summed E-state index contributed by atoms with van der Waals surface area (Å²) < 4.78 is 1.43. The highest BCUT2D eigenvalue weighted by atomic mass is 29.4. The molecule has 4 rings (SSSR count). The van der Waals surface area contributed by atoms with Gasteiger partial charge in [-0.05, 0) is 4.28 Å². The van der Waals surface area contributed by atoms with Crippen LogP contribution in [0.5, 0.6) is 0 Å². The molecule has 0 radical (unpaired) electrons. The molecule has 3 heterocycles. The van der Waals surface area contributed by atoms with Crippen LogP contribution in [0.2, 0.25) is 82.8 Å². The van der Waals surface area contributed by atoms with Gasteiger partial charge in [-0.15, -0.1) is 0 Å². The molecule has 3 fully saturated rings. The molecule has 0 unspecified atom stereocenters. The highest BCUT2D eigenvalue weighted by Crippen LogP contribution is 2.76. The molecule has 6 heteroatoms. The lowest BCUT2D eigenvalue weighted by Gasteiger charge is -2.89. The van der Waals surface area contributed by atoms with E-state index in [9.17, 15) is 0 Å². The molecule has 3 saturated heterocycles. The van der Waals surface area contributed by atoms with Crippen LogP contribution in [-0.2, 0) is 4.28 Å². The van der Waals surface area contributed by atoms with E-state index in [-0.39, 0.29) is 0 Å². The molecule has 3 aliphatic rings. The SMILES string of the molecule is CC12[Si](C)(C)[Si](C)(C)C(c3ccccc3)([Si](C)(C)[Si]1(C)C)[Si](C)(C)[Si]2(C)C. The first kappa shape index (κ1) is 22.2. The predicted octanol–water partition coefficient (Wildman–Crippen LogP) is 6.89. The maximum Gasteiger partial charge on any atom is 0.0464 e. The fraction of sp³-hybridized carbons (Fsp3) is 0.714. The predicted molar refractivity (Wildman–Crippen MR) is 141 cm³/mol. The molecule has 1 aromatic carbocycles. The van der Waals surface area contributed by atoms with Crippen LogP contribution in [0, 0.1) is 0 Å². The van der Waals surface area contributed by atoms with E-state index in [1.165, 1.54) is 0 Å². The molecular formula is C21H44Si6. The highest BCUT2D eigenvalue weighted by Gasteiger charge is 2.91. The lowest BCUT2D eigenvalue weighted by atomic mass is 10.2. The Bertz CT molecular complexity index is 701. The molecule has 0 spiro atoms. The summed E-state index contributed by atoms with van der Waals surface area (Å²) in [6.07, 6.45) is 0. The summed E-state index contributed by atoms with van der Waals surface area (Å²) in [5.74, 6) is 0. The molecule has 2 bridgehead atoms. The molecule has 0 saturated carbocycles. The Kier molecular flexibility index (Phi) is 4.45. The van der Waals surface area contributed by atoms with Crippen LogP contribution in [0.25, 0.3) is 0 Å². The number of hydrogen-bond acceptors (Lipinski definition) is 0. The van der Waals surface area contributed by atoms with Crippen molar-refractivity contribution in [3.05, 3.63) is 35.9 Å². The van der Waals surface area contributed by atoms with Crippen molar-refractivity contribution in [2.24, 2.45) is 0 Å². The van der Waals surface area contributed by atoms with E-state index in [0.717, 1.165) is 4.28 Å². The summed E-state index contributed by atoms with van der Waals surface area (Å²) in [6, 6.07) is 12.2. The number of fused-ring (bicyclic) bond motifs is 3. The molecule has 1 aromatic rings. The normalized spacial score (nSPS) is 39.1. The average Bonchev–Trinajstić information content (AvgIpc) is 2.52. The fourth-order valence-electron chi connectivity index (χ4n) is 9.74. The summed E-state index contributed by atoms with van der Waals surface area (Å²) in [4.78, 5) is 0. The first-order valence-electron chi connectivity index (χ1n) is 10.9. The Labute approximate surface area is 175 Å². The van der Waals surface area contributed by atoms with Crippen molar-refractivity contribution in [2.45, 2.75) is 94.1 Å². The topological polar surface area (TPSA) is 0 Å². The summed E-state index contributed by atoms with van der Waals surface area (Å²) in [7, 11) is -8.62. The average molecular weight is 465 g/mol. The smallest absolute Gasteiger partial charge is 0.0464 e. The fourth-order valence-corrected chi connectivity index (χ4v) is 152. The van der Waals surface area contributed by atoms with Gasteiger partial charge in [0.2, 0.25) is 0 Å². The van der Waals surface area contributed by atoms with Crippen molar-refractivity contribution in [1.82, 2.24) is 0 Å². The molecule has 0 aromatic heterocycles. The molecule has 0 amide bonds. The Balaban J connectivity index is 2.66. The highest BCUT2D eigenvalue weighted by molar-refractivity contribution is 7.77. The van der Waals surface area contributed by atoms with Crippen molar-refractivity contribution < 1.29 is 0 Å². The largest absolute Gasteiger partial charge is 0.0713 e. The third-order valence-corrected chi connectivity index (χ3v) is 103. The van der Waals surface area contributed by atoms with Crippen molar-refractivity contribution in [3.8, 4) is 0 Å². The molecule has 0 nitrogen and oxygen atoms in total. The Hall–Kier alpha value is 0.521. The van der Waals surface area contributed by atoms with Crippen molar-refractivity contribution in [1.29, 1.82) is 0 Å². The second kappa shape index (κ2) is 5.41. The van der Waals surface area contributed by atoms with Gasteiger partial charge in [0.05, 0.1) is 0 Å². The van der Waals surface area contributed by atoms with E-state index in [4.69, 9.17) is 0 Å². The first-order chi connectivity index (χ1) is 11.9. The zero-order valence-corrected chi connectivity index (χ0v) is 26.4. The van der Waals surface area contributed by atoms with Crippen LogP contribution in [0.15, 0.2) is 30.3 Å². The van der Waals surface area contributed by atoms with Gasteiger partial charge >= 0.3 is 0 Å². The van der Waals surface area contributed by atoms with Crippen LogP contribution in [0.3, 0.4) is 0 Å². The van der Waals surface area contributed by atoms with E-state index in [1.54, 1.807) is 0 Å². The summed E-state index contributed by atoms with van der Waals surface area (Å²) in [6.45, 7) is 37.5. The minimum absolute atomic E-state index is 0.646. The number of hydrogen-bond donors (Lipinski definition) is 0. The summed E-state index contributed by atoms with van der Waals surface area (Å²) >= 11 is 0. The number of rotatable bonds is 1. The van der Waals surface area contributed by atoms with Crippen molar-refractivity contribution in [3.63, 3.8) is 0 Å². The zero-order valence-electron chi connectivity index (χ0n) is 20.4. The molecular weight excluding hydrogens is 421 g/mol. The van der Waals surface area contributed by atoms with Gasteiger partial charge in [-0.25, -0.2) is 0 Å². The molecule has 27 heavy (non-hydrogen) atoms. The van der Waals surface area contributed by atoms with Crippen LogP contribution < -0.4 is 0 Å². The minimum atomic E-state index is -1.48. The number of benzene rings is 1. The first-order valence-corrected chi connectivity index (χ1v) is 31.9. The quantitative estimate of drug-likeness (QED) is 0.397. The van der Waals surface area contributed by atoms with Gasteiger partial charge in [0, 0.05) is 45.5 Å². The van der Waals surface area contributed by atoms with Crippen LogP contribution in [-0.4, -0.2) is 45.5 Å².